The Hall–Kier alpha value is -0.680. The summed E-state index contributed by atoms with van der Waals surface area (Å²) in [5.74, 6) is 0.597. The SMILES string of the molecule is CC(C)(C)OCc1nsc(=O)[nH]1. The largest absolute Gasteiger partial charge is 0.368 e. The van der Waals surface area contributed by atoms with Gasteiger partial charge in [-0.05, 0) is 20.8 Å². The smallest absolute Gasteiger partial charge is 0.323 e. The lowest BCUT2D eigenvalue weighted by molar-refractivity contribution is -0.0177. The van der Waals surface area contributed by atoms with Crippen molar-refractivity contribution in [2.24, 2.45) is 0 Å². The highest BCUT2D eigenvalue weighted by atomic mass is 32.1. The van der Waals surface area contributed by atoms with Gasteiger partial charge in [0.25, 0.3) is 0 Å². The minimum absolute atomic E-state index is 0.137. The quantitative estimate of drug-likeness (QED) is 0.757. The first-order chi connectivity index (χ1) is 5.47. The molecular weight excluding hydrogens is 176 g/mol. The molecule has 5 heteroatoms. The Balaban J connectivity index is 2.49. The number of hydrogen-bond donors (Lipinski definition) is 1. The molecule has 1 heterocycles. The molecule has 0 aliphatic heterocycles. The third-order valence-electron chi connectivity index (χ3n) is 1.13. The molecule has 0 aromatic carbocycles. The number of hydrogen-bond acceptors (Lipinski definition) is 4. The van der Waals surface area contributed by atoms with Gasteiger partial charge in [0.05, 0.1) is 5.60 Å². The number of nitrogens with one attached hydrogen (secondary N) is 1. The van der Waals surface area contributed by atoms with Crippen molar-refractivity contribution in [3.8, 4) is 0 Å². The van der Waals surface area contributed by atoms with Gasteiger partial charge < -0.3 is 4.74 Å². The number of nitrogens with zero attached hydrogens (tertiary/aromatic N) is 1. The molecule has 0 radical (unpaired) electrons. The van der Waals surface area contributed by atoms with Gasteiger partial charge in [-0.3, -0.25) is 9.78 Å². The fraction of sp³-hybridized carbons (Fsp3) is 0.714. The third-order valence-corrected chi connectivity index (χ3v) is 1.71. The molecule has 0 amide bonds. The second kappa shape index (κ2) is 3.37. The summed E-state index contributed by atoms with van der Waals surface area (Å²) in [5.41, 5.74) is -0.194. The van der Waals surface area contributed by atoms with E-state index < -0.39 is 0 Å². The maximum absolute atomic E-state index is 10.7. The van der Waals surface area contributed by atoms with E-state index in [1.165, 1.54) is 0 Å². The monoisotopic (exact) mass is 188 g/mol. The van der Waals surface area contributed by atoms with Crippen LogP contribution >= 0.6 is 11.5 Å². The second-order valence-corrected chi connectivity index (χ2v) is 4.18. The van der Waals surface area contributed by atoms with E-state index in [9.17, 15) is 4.79 Å². The van der Waals surface area contributed by atoms with Crippen LogP contribution in [0.4, 0.5) is 0 Å². The van der Waals surface area contributed by atoms with Gasteiger partial charge in [0, 0.05) is 11.5 Å². The van der Waals surface area contributed by atoms with Crippen molar-refractivity contribution < 1.29 is 4.74 Å². The van der Waals surface area contributed by atoms with Crippen LogP contribution < -0.4 is 4.87 Å². The van der Waals surface area contributed by atoms with Crippen molar-refractivity contribution in [1.29, 1.82) is 0 Å². The zero-order valence-corrected chi connectivity index (χ0v) is 8.20. The number of ether oxygens (including phenoxy) is 1. The van der Waals surface area contributed by atoms with Crippen molar-refractivity contribution >= 4 is 11.5 Å². The first-order valence-electron chi connectivity index (χ1n) is 3.66. The molecule has 1 aromatic rings. The van der Waals surface area contributed by atoms with Crippen molar-refractivity contribution in [2.75, 3.05) is 0 Å². The Bertz CT molecular complexity index is 297. The van der Waals surface area contributed by atoms with Crippen LogP contribution in [0.2, 0.25) is 0 Å². The van der Waals surface area contributed by atoms with Crippen molar-refractivity contribution in [3.63, 3.8) is 0 Å². The lowest BCUT2D eigenvalue weighted by Gasteiger charge is -2.17. The molecule has 0 aliphatic carbocycles. The fourth-order valence-electron chi connectivity index (χ4n) is 0.607. The molecule has 0 spiro atoms. The highest BCUT2D eigenvalue weighted by molar-refractivity contribution is 7.02. The van der Waals surface area contributed by atoms with E-state index in [1.54, 1.807) is 0 Å². The summed E-state index contributed by atoms with van der Waals surface area (Å²) in [6.07, 6.45) is 0. The predicted octanol–water partition coefficient (Wildman–Crippen LogP) is 1.15. The van der Waals surface area contributed by atoms with E-state index in [0.717, 1.165) is 11.5 Å². The van der Waals surface area contributed by atoms with Crippen LogP contribution in [0.1, 0.15) is 26.6 Å². The lowest BCUT2D eigenvalue weighted by atomic mass is 10.2. The van der Waals surface area contributed by atoms with Crippen molar-refractivity contribution in [1.82, 2.24) is 9.36 Å². The molecule has 1 rings (SSSR count). The van der Waals surface area contributed by atoms with Crippen LogP contribution in [0.3, 0.4) is 0 Å². The first kappa shape index (κ1) is 9.41. The van der Waals surface area contributed by atoms with Gasteiger partial charge in [0.1, 0.15) is 12.4 Å². The summed E-state index contributed by atoms with van der Waals surface area (Å²) in [6, 6.07) is 0. The summed E-state index contributed by atoms with van der Waals surface area (Å²) < 4.78 is 9.27. The molecular formula is C7H12N2O2S. The van der Waals surface area contributed by atoms with Crippen LogP contribution in [0.5, 0.6) is 0 Å². The zero-order chi connectivity index (χ0) is 9.19. The van der Waals surface area contributed by atoms with Crippen molar-refractivity contribution in [3.05, 3.63) is 15.5 Å². The molecule has 1 aromatic heterocycles. The van der Waals surface area contributed by atoms with Gasteiger partial charge in [0.2, 0.25) is 0 Å². The number of H-pyrrole nitrogens is 1. The molecule has 68 valence electrons. The normalized spacial score (nSPS) is 11.9. The van der Waals surface area contributed by atoms with Gasteiger partial charge >= 0.3 is 4.87 Å². The minimum Gasteiger partial charge on any atom is -0.368 e. The Morgan fingerprint density at radius 2 is 2.25 bits per heavy atom. The van der Waals surface area contributed by atoms with Gasteiger partial charge in [-0.2, -0.15) is 4.37 Å². The van der Waals surface area contributed by atoms with Crippen LogP contribution in [0.25, 0.3) is 0 Å². The summed E-state index contributed by atoms with van der Waals surface area (Å²) in [4.78, 5) is 13.1. The summed E-state index contributed by atoms with van der Waals surface area (Å²) in [7, 11) is 0. The van der Waals surface area contributed by atoms with Crippen LogP contribution in [0, 0.1) is 0 Å². The summed E-state index contributed by atoms with van der Waals surface area (Å²) in [5, 5.41) is 0. The van der Waals surface area contributed by atoms with E-state index in [1.807, 2.05) is 20.8 Å². The molecule has 0 unspecified atom stereocenters. The summed E-state index contributed by atoms with van der Waals surface area (Å²) >= 11 is 0.914. The first-order valence-corrected chi connectivity index (χ1v) is 4.43. The molecule has 0 bridgehead atoms. The van der Waals surface area contributed by atoms with Crippen LogP contribution in [0.15, 0.2) is 4.79 Å². The molecule has 0 atom stereocenters. The molecule has 0 saturated carbocycles. The molecule has 0 aliphatic rings. The van der Waals surface area contributed by atoms with E-state index in [2.05, 4.69) is 9.36 Å². The predicted molar refractivity (Wildman–Crippen MR) is 47.3 cm³/mol. The van der Waals surface area contributed by atoms with E-state index in [-0.39, 0.29) is 10.5 Å². The molecule has 4 nitrogen and oxygen atoms in total. The van der Waals surface area contributed by atoms with Gasteiger partial charge in [0.15, 0.2) is 0 Å². The second-order valence-electron chi connectivity index (χ2n) is 3.44. The van der Waals surface area contributed by atoms with Gasteiger partial charge in [-0.1, -0.05) is 0 Å². The molecule has 0 fully saturated rings. The average Bonchev–Trinajstić information content (AvgIpc) is 2.30. The number of aromatic nitrogens is 2. The number of rotatable bonds is 2. The number of aromatic amines is 1. The Morgan fingerprint density at radius 3 is 2.67 bits per heavy atom. The average molecular weight is 188 g/mol. The Morgan fingerprint density at radius 1 is 1.58 bits per heavy atom. The van der Waals surface area contributed by atoms with Gasteiger partial charge in [-0.25, -0.2) is 0 Å². The molecule has 1 N–H and O–H groups in total. The minimum atomic E-state index is -0.194. The lowest BCUT2D eigenvalue weighted by Crippen LogP contribution is -2.19. The topological polar surface area (TPSA) is 55.0 Å². The van der Waals surface area contributed by atoms with E-state index in [4.69, 9.17) is 4.74 Å². The van der Waals surface area contributed by atoms with Crippen LogP contribution in [-0.4, -0.2) is 15.0 Å². The third kappa shape index (κ3) is 3.15. The maximum atomic E-state index is 10.7. The summed E-state index contributed by atoms with van der Waals surface area (Å²) in [6.45, 7) is 6.23. The van der Waals surface area contributed by atoms with Gasteiger partial charge in [-0.15, -0.1) is 0 Å². The van der Waals surface area contributed by atoms with Crippen molar-refractivity contribution in [2.45, 2.75) is 33.0 Å². The Kier molecular flexibility index (Phi) is 2.64. The molecule has 0 saturated heterocycles. The Labute approximate surface area is 74.8 Å². The standard InChI is InChI=1S/C7H12N2O2S/c1-7(2,3)11-4-5-8-6(10)12-9-5/h4H2,1-3H3,(H,8,9,10). The fourth-order valence-corrected chi connectivity index (χ4v) is 1.06. The highest BCUT2D eigenvalue weighted by Gasteiger charge is 2.11. The highest BCUT2D eigenvalue weighted by Crippen LogP contribution is 2.08. The zero-order valence-electron chi connectivity index (χ0n) is 7.38. The van der Waals surface area contributed by atoms with E-state index >= 15 is 0 Å². The maximum Gasteiger partial charge on any atom is 0.323 e. The molecule has 12 heavy (non-hydrogen) atoms. The van der Waals surface area contributed by atoms with E-state index in [0.29, 0.717) is 12.4 Å². The van der Waals surface area contributed by atoms with Crippen LogP contribution in [-0.2, 0) is 11.3 Å².